The summed E-state index contributed by atoms with van der Waals surface area (Å²) in [6, 6.07) is 1.91. The molecule has 0 radical (unpaired) electrons. The van der Waals surface area contributed by atoms with Gasteiger partial charge in [-0.1, -0.05) is 59.3 Å². The molecule has 3 nitrogen and oxygen atoms in total. The maximum atomic E-state index is 10.3. The molecule has 1 atom stereocenters. The van der Waals surface area contributed by atoms with Crippen LogP contribution in [0.2, 0.25) is 0 Å². The van der Waals surface area contributed by atoms with Crippen molar-refractivity contribution in [1.29, 1.82) is 0 Å². The molecule has 0 saturated carbocycles. The molecule has 0 saturated heterocycles. The summed E-state index contributed by atoms with van der Waals surface area (Å²) in [6.07, 6.45) is 10.3. The Morgan fingerprint density at radius 2 is 1.59 bits per heavy atom. The molecule has 1 aromatic rings. The van der Waals surface area contributed by atoms with Crippen molar-refractivity contribution in [1.82, 2.24) is 0 Å². The summed E-state index contributed by atoms with van der Waals surface area (Å²) in [7, 11) is 0. The molecule has 3 heteroatoms. The van der Waals surface area contributed by atoms with E-state index in [1.54, 1.807) is 0 Å². The third kappa shape index (κ3) is 4.82. The van der Waals surface area contributed by atoms with Gasteiger partial charge in [-0.3, -0.25) is 0 Å². The molecule has 0 amide bonds. The van der Waals surface area contributed by atoms with Crippen LogP contribution in [0, 0.1) is 0 Å². The van der Waals surface area contributed by atoms with E-state index in [-0.39, 0.29) is 5.75 Å². The molecule has 0 fully saturated rings. The molecule has 0 spiro atoms. The molecule has 0 aromatic heterocycles. The number of unbranched alkanes of at least 4 members (excludes halogenated alkanes) is 4. The zero-order valence-corrected chi connectivity index (χ0v) is 14.6. The molecule has 1 unspecified atom stereocenters. The fraction of sp³-hybridized carbons (Fsp3) is 0.684. The highest BCUT2D eigenvalue weighted by Crippen LogP contribution is 2.41. The lowest BCUT2D eigenvalue weighted by Crippen LogP contribution is -2.09. The number of anilines is 2. The standard InChI is InChI=1S/C19H34N2O/c1-4-7-9-10-12-15(11-8-5-2)17-16(20)13-14(6-3)19(22)18(17)21/h13,15,22H,4-12,20-21H2,1-3H3. The van der Waals surface area contributed by atoms with Crippen molar-refractivity contribution in [3.63, 3.8) is 0 Å². The normalized spacial score (nSPS) is 12.5. The van der Waals surface area contributed by atoms with E-state index < -0.39 is 0 Å². The number of rotatable bonds is 10. The topological polar surface area (TPSA) is 72.3 Å². The number of phenols is 1. The molecular weight excluding hydrogens is 272 g/mol. The first-order valence-corrected chi connectivity index (χ1v) is 8.96. The van der Waals surface area contributed by atoms with Gasteiger partial charge in [-0.2, -0.15) is 0 Å². The number of hydrogen-bond donors (Lipinski definition) is 3. The van der Waals surface area contributed by atoms with Gasteiger partial charge in [-0.25, -0.2) is 0 Å². The van der Waals surface area contributed by atoms with Crippen molar-refractivity contribution in [2.45, 2.75) is 84.5 Å². The maximum Gasteiger partial charge on any atom is 0.142 e. The predicted molar refractivity (Wildman–Crippen MR) is 97.3 cm³/mol. The number of nitrogens with two attached hydrogens (primary N) is 2. The summed E-state index contributed by atoms with van der Waals surface area (Å²) in [6.45, 7) is 6.44. The van der Waals surface area contributed by atoms with Crippen molar-refractivity contribution >= 4 is 11.4 Å². The SMILES string of the molecule is CCCCCCC(CCCC)c1c(N)cc(CC)c(O)c1N. The number of hydrogen-bond acceptors (Lipinski definition) is 3. The van der Waals surface area contributed by atoms with Crippen LogP contribution in [0.25, 0.3) is 0 Å². The van der Waals surface area contributed by atoms with Gasteiger partial charge in [0, 0.05) is 11.3 Å². The van der Waals surface area contributed by atoms with Gasteiger partial charge in [0.05, 0.1) is 5.69 Å². The molecule has 5 N–H and O–H groups in total. The van der Waals surface area contributed by atoms with Gasteiger partial charge in [-0.15, -0.1) is 0 Å². The molecule has 22 heavy (non-hydrogen) atoms. The minimum atomic E-state index is 0.238. The third-order valence-corrected chi connectivity index (χ3v) is 4.59. The first-order chi connectivity index (χ1) is 10.6. The monoisotopic (exact) mass is 306 g/mol. The third-order valence-electron chi connectivity index (χ3n) is 4.59. The quantitative estimate of drug-likeness (QED) is 0.236. The lowest BCUT2D eigenvalue weighted by molar-refractivity contribution is 0.467. The number of benzene rings is 1. The highest BCUT2D eigenvalue weighted by molar-refractivity contribution is 5.72. The second kappa shape index (κ2) is 9.60. The van der Waals surface area contributed by atoms with Gasteiger partial charge in [0.2, 0.25) is 0 Å². The van der Waals surface area contributed by atoms with Crippen LogP contribution in [0.4, 0.5) is 11.4 Å². The predicted octanol–water partition coefficient (Wildman–Crippen LogP) is 5.36. The summed E-state index contributed by atoms with van der Waals surface area (Å²) in [5.41, 5.74) is 15.6. The lowest BCUT2D eigenvalue weighted by atomic mass is 9.85. The van der Waals surface area contributed by atoms with Gasteiger partial charge in [-0.05, 0) is 36.8 Å². The molecule has 0 aliphatic heterocycles. The van der Waals surface area contributed by atoms with Crippen LogP contribution in [-0.4, -0.2) is 5.11 Å². The molecule has 0 aliphatic rings. The largest absolute Gasteiger partial charge is 0.505 e. The second-order valence-corrected chi connectivity index (χ2v) is 6.34. The van der Waals surface area contributed by atoms with E-state index in [1.807, 2.05) is 13.0 Å². The zero-order chi connectivity index (χ0) is 16.5. The Bertz CT molecular complexity index is 457. The Kier molecular flexibility index (Phi) is 8.15. The smallest absolute Gasteiger partial charge is 0.142 e. The molecule has 126 valence electrons. The van der Waals surface area contributed by atoms with Gasteiger partial charge in [0.1, 0.15) is 5.75 Å². The first kappa shape index (κ1) is 18.7. The van der Waals surface area contributed by atoms with Crippen LogP contribution in [0.3, 0.4) is 0 Å². The van der Waals surface area contributed by atoms with Crippen molar-refractivity contribution in [3.8, 4) is 5.75 Å². The van der Waals surface area contributed by atoms with E-state index in [0.717, 1.165) is 36.1 Å². The summed E-state index contributed by atoms with van der Waals surface area (Å²) in [5, 5.41) is 10.3. The Morgan fingerprint density at radius 3 is 2.18 bits per heavy atom. The first-order valence-electron chi connectivity index (χ1n) is 8.96. The van der Waals surface area contributed by atoms with Crippen LogP contribution in [-0.2, 0) is 6.42 Å². The fourth-order valence-electron chi connectivity index (χ4n) is 3.22. The van der Waals surface area contributed by atoms with E-state index in [4.69, 9.17) is 11.5 Å². The number of aryl methyl sites for hydroxylation is 1. The number of nitrogen functional groups attached to an aromatic ring is 2. The Morgan fingerprint density at radius 1 is 0.955 bits per heavy atom. The van der Waals surface area contributed by atoms with E-state index in [0.29, 0.717) is 11.6 Å². The molecule has 1 rings (SSSR count). The van der Waals surface area contributed by atoms with Crippen molar-refractivity contribution in [2.75, 3.05) is 11.5 Å². The van der Waals surface area contributed by atoms with Crippen molar-refractivity contribution in [3.05, 3.63) is 17.2 Å². The minimum Gasteiger partial charge on any atom is -0.505 e. The van der Waals surface area contributed by atoms with Crippen LogP contribution in [0.1, 0.15) is 89.2 Å². The van der Waals surface area contributed by atoms with Crippen molar-refractivity contribution in [2.24, 2.45) is 0 Å². The average molecular weight is 306 g/mol. The summed E-state index contributed by atoms with van der Waals surface area (Å²) in [4.78, 5) is 0. The molecule has 0 heterocycles. The number of phenolic OH excluding ortho intramolecular Hbond substituents is 1. The van der Waals surface area contributed by atoms with Crippen LogP contribution in [0.15, 0.2) is 6.07 Å². The van der Waals surface area contributed by atoms with Gasteiger partial charge in [0.15, 0.2) is 0 Å². The fourth-order valence-corrected chi connectivity index (χ4v) is 3.22. The summed E-state index contributed by atoms with van der Waals surface area (Å²) >= 11 is 0. The van der Waals surface area contributed by atoms with Crippen LogP contribution in [0.5, 0.6) is 5.75 Å². The molecule has 1 aromatic carbocycles. The van der Waals surface area contributed by atoms with Gasteiger partial charge in [0.25, 0.3) is 0 Å². The Hall–Kier alpha value is -1.38. The average Bonchev–Trinajstić information content (AvgIpc) is 2.51. The highest BCUT2D eigenvalue weighted by Gasteiger charge is 2.21. The summed E-state index contributed by atoms with van der Waals surface area (Å²) in [5.74, 6) is 0.607. The van der Waals surface area contributed by atoms with E-state index in [2.05, 4.69) is 13.8 Å². The summed E-state index contributed by atoms with van der Waals surface area (Å²) < 4.78 is 0. The molecule has 0 aliphatic carbocycles. The second-order valence-electron chi connectivity index (χ2n) is 6.34. The number of aromatic hydroxyl groups is 1. The Balaban J connectivity index is 2.99. The molecule has 0 bridgehead atoms. The maximum absolute atomic E-state index is 10.3. The van der Waals surface area contributed by atoms with Crippen LogP contribution >= 0.6 is 0 Å². The zero-order valence-electron chi connectivity index (χ0n) is 14.6. The Labute approximate surface area is 136 Å². The minimum absolute atomic E-state index is 0.238. The van der Waals surface area contributed by atoms with E-state index >= 15 is 0 Å². The lowest BCUT2D eigenvalue weighted by Gasteiger charge is -2.23. The van der Waals surface area contributed by atoms with E-state index in [1.165, 1.54) is 38.5 Å². The van der Waals surface area contributed by atoms with Gasteiger partial charge >= 0.3 is 0 Å². The van der Waals surface area contributed by atoms with Gasteiger partial charge < -0.3 is 16.6 Å². The van der Waals surface area contributed by atoms with Crippen molar-refractivity contribution < 1.29 is 5.11 Å². The van der Waals surface area contributed by atoms with Crippen LogP contribution < -0.4 is 11.5 Å². The molecular formula is C19H34N2O. The van der Waals surface area contributed by atoms with E-state index in [9.17, 15) is 5.11 Å². The highest BCUT2D eigenvalue weighted by atomic mass is 16.3.